The molecule has 0 aliphatic rings. The Kier molecular flexibility index (Phi) is 10.3. The van der Waals surface area contributed by atoms with Crippen molar-refractivity contribution in [3.05, 3.63) is 128 Å². The van der Waals surface area contributed by atoms with Gasteiger partial charge in [-0.2, -0.15) is 0 Å². The van der Waals surface area contributed by atoms with Gasteiger partial charge in [0.05, 0.1) is 0 Å². The molecule has 0 unspecified atom stereocenters. The molecular formula is C46H48O6. The van der Waals surface area contributed by atoms with Crippen LogP contribution in [0.2, 0.25) is 0 Å². The molecule has 6 aromatic carbocycles. The highest BCUT2D eigenvalue weighted by molar-refractivity contribution is 5.92. The molecule has 268 valence electrons. The van der Waals surface area contributed by atoms with E-state index in [1.807, 2.05) is 130 Å². The van der Waals surface area contributed by atoms with E-state index in [1.165, 1.54) is 0 Å². The third kappa shape index (κ3) is 7.02. The van der Waals surface area contributed by atoms with Crippen LogP contribution in [0.3, 0.4) is 0 Å². The van der Waals surface area contributed by atoms with Crippen LogP contribution in [-0.2, 0) is 0 Å². The maximum absolute atomic E-state index is 10.9. The summed E-state index contributed by atoms with van der Waals surface area (Å²) in [4.78, 5) is 0. The summed E-state index contributed by atoms with van der Waals surface area (Å²) in [6, 6.07) is 22.8. The van der Waals surface area contributed by atoms with Crippen LogP contribution in [0.1, 0.15) is 55.6 Å². The average Bonchev–Trinajstić information content (AvgIpc) is 3.08. The Balaban J connectivity index is 0.000000201. The van der Waals surface area contributed by atoms with Crippen LogP contribution in [0.15, 0.2) is 72.8 Å². The second-order valence-electron chi connectivity index (χ2n) is 14.1. The van der Waals surface area contributed by atoms with Crippen molar-refractivity contribution >= 4 is 0 Å². The van der Waals surface area contributed by atoms with Crippen molar-refractivity contribution in [3.63, 3.8) is 0 Å². The SMILES string of the molecule is Cc1cc(-c2ccc(C)c(O)c2-c2cc(C)c(O)c(C)c2)cc(C)c1O.Cc1cc(-c2ccc(C)c(O)c2-c2cc(C)c(O)cc2C)c(C)cc1O. The summed E-state index contributed by atoms with van der Waals surface area (Å²) in [5.41, 5.74) is 15.0. The zero-order valence-electron chi connectivity index (χ0n) is 31.6. The number of aryl methyl sites for hydroxylation is 10. The maximum Gasteiger partial charge on any atom is 0.126 e. The van der Waals surface area contributed by atoms with Crippen LogP contribution in [-0.4, -0.2) is 30.6 Å². The molecule has 0 heterocycles. The summed E-state index contributed by atoms with van der Waals surface area (Å²) < 4.78 is 0. The fourth-order valence-electron chi connectivity index (χ4n) is 6.79. The minimum Gasteiger partial charge on any atom is -0.508 e. The molecular weight excluding hydrogens is 649 g/mol. The van der Waals surface area contributed by atoms with Gasteiger partial charge >= 0.3 is 0 Å². The van der Waals surface area contributed by atoms with Crippen molar-refractivity contribution in [2.75, 3.05) is 0 Å². The molecule has 0 spiro atoms. The smallest absolute Gasteiger partial charge is 0.126 e. The van der Waals surface area contributed by atoms with Gasteiger partial charge in [0.2, 0.25) is 0 Å². The molecule has 0 saturated heterocycles. The van der Waals surface area contributed by atoms with Gasteiger partial charge < -0.3 is 30.6 Å². The van der Waals surface area contributed by atoms with Gasteiger partial charge in [0, 0.05) is 11.1 Å². The third-order valence-corrected chi connectivity index (χ3v) is 9.99. The lowest BCUT2D eigenvalue weighted by Gasteiger charge is -2.19. The summed E-state index contributed by atoms with van der Waals surface area (Å²) in [6.45, 7) is 18.8. The molecule has 0 aliphatic heterocycles. The van der Waals surface area contributed by atoms with Crippen molar-refractivity contribution in [1.29, 1.82) is 0 Å². The van der Waals surface area contributed by atoms with Crippen LogP contribution in [0.4, 0.5) is 0 Å². The quantitative estimate of drug-likeness (QED) is 0.109. The maximum atomic E-state index is 10.9. The Labute approximate surface area is 306 Å². The van der Waals surface area contributed by atoms with Crippen LogP contribution in [0.25, 0.3) is 44.5 Å². The average molecular weight is 697 g/mol. The first-order valence-corrected chi connectivity index (χ1v) is 17.3. The first-order chi connectivity index (χ1) is 24.4. The fraction of sp³-hybridized carbons (Fsp3) is 0.217. The highest BCUT2D eigenvalue weighted by atomic mass is 16.3. The normalized spacial score (nSPS) is 11.0. The largest absolute Gasteiger partial charge is 0.508 e. The monoisotopic (exact) mass is 696 g/mol. The van der Waals surface area contributed by atoms with Crippen LogP contribution in [0, 0.1) is 69.2 Å². The standard InChI is InChI=1S/2C23H24O3/c1-12-6-7-17(18-8-15(4)20(24)10-13(18)2)22(23(12)26)19-9-16(5)21(25)11-14(19)3;1-12-6-7-19(17-8-13(2)21(24)14(3)9-17)20(23(12)26)18-10-15(4)22(25)16(5)11-18/h2*6-11,24-26H,1-5H3. The van der Waals surface area contributed by atoms with E-state index in [4.69, 9.17) is 0 Å². The predicted molar refractivity (Wildman–Crippen MR) is 212 cm³/mol. The first kappa shape index (κ1) is 37.4. The van der Waals surface area contributed by atoms with Crippen LogP contribution in [0.5, 0.6) is 34.5 Å². The van der Waals surface area contributed by atoms with E-state index < -0.39 is 0 Å². The van der Waals surface area contributed by atoms with E-state index >= 15 is 0 Å². The molecule has 6 nitrogen and oxygen atoms in total. The molecule has 0 saturated carbocycles. The van der Waals surface area contributed by atoms with E-state index in [2.05, 4.69) is 0 Å². The first-order valence-electron chi connectivity index (χ1n) is 17.3. The zero-order chi connectivity index (χ0) is 38.3. The lowest BCUT2D eigenvalue weighted by Crippen LogP contribution is -1.94. The lowest BCUT2D eigenvalue weighted by molar-refractivity contribution is 0.466. The van der Waals surface area contributed by atoms with Crippen molar-refractivity contribution in [1.82, 2.24) is 0 Å². The number of hydrogen-bond acceptors (Lipinski definition) is 6. The number of rotatable bonds is 4. The summed E-state index contributed by atoms with van der Waals surface area (Å²) in [7, 11) is 0. The van der Waals surface area contributed by atoms with Crippen LogP contribution >= 0.6 is 0 Å². The van der Waals surface area contributed by atoms with Crippen molar-refractivity contribution in [2.24, 2.45) is 0 Å². The van der Waals surface area contributed by atoms with E-state index in [1.54, 1.807) is 12.1 Å². The molecule has 0 aromatic heterocycles. The molecule has 0 bridgehead atoms. The number of aromatic hydroxyl groups is 6. The van der Waals surface area contributed by atoms with Gasteiger partial charge in [0.1, 0.15) is 34.5 Å². The summed E-state index contributed by atoms with van der Waals surface area (Å²) in [5.74, 6) is 1.55. The molecule has 52 heavy (non-hydrogen) atoms. The molecule has 6 rings (SSSR count). The van der Waals surface area contributed by atoms with E-state index in [9.17, 15) is 30.6 Å². The second kappa shape index (κ2) is 14.4. The van der Waals surface area contributed by atoms with Crippen molar-refractivity contribution in [3.8, 4) is 79.0 Å². The summed E-state index contributed by atoms with van der Waals surface area (Å²) >= 11 is 0. The van der Waals surface area contributed by atoms with E-state index in [-0.39, 0.29) is 28.7 Å². The minimum absolute atomic E-state index is 0.232. The third-order valence-electron chi connectivity index (χ3n) is 9.99. The van der Waals surface area contributed by atoms with Crippen molar-refractivity contribution in [2.45, 2.75) is 69.2 Å². The molecule has 6 N–H and O–H groups in total. The Morgan fingerprint density at radius 1 is 0.269 bits per heavy atom. The lowest BCUT2D eigenvalue weighted by atomic mass is 9.87. The Morgan fingerprint density at radius 2 is 0.654 bits per heavy atom. The van der Waals surface area contributed by atoms with Gasteiger partial charge in [0.15, 0.2) is 0 Å². The summed E-state index contributed by atoms with van der Waals surface area (Å²) in [5, 5.41) is 61.9. The van der Waals surface area contributed by atoms with Crippen molar-refractivity contribution < 1.29 is 30.6 Å². The molecule has 0 atom stereocenters. The molecule has 6 heteroatoms. The Hall–Kier alpha value is -5.88. The molecule has 0 aliphatic carbocycles. The molecule has 6 aromatic rings. The van der Waals surface area contributed by atoms with E-state index in [0.29, 0.717) is 5.75 Å². The zero-order valence-corrected chi connectivity index (χ0v) is 31.6. The topological polar surface area (TPSA) is 121 Å². The summed E-state index contributed by atoms with van der Waals surface area (Å²) in [6.07, 6.45) is 0. The minimum atomic E-state index is 0.232. The second-order valence-corrected chi connectivity index (χ2v) is 14.1. The highest BCUT2D eigenvalue weighted by Gasteiger charge is 2.20. The molecule has 0 radical (unpaired) electrons. The number of benzene rings is 6. The predicted octanol–water partition coefficient (Wildman–Crippen LogP) is 11.4. The van der Waals surface area contributed by atoms with Gasteiger partial charge in [-0.15, -0.1) is 0 Å². The Morgan fingerprint density at radius 3 is 1.13 bits per heavy atom. The molecule has 0 fully saturated rings. The fourth-order valence-corrected chi connectivity index (χ4v) is 6.79. The molecule has 0 amide bonds. The van der Waals surface area contributed by atoms with Gasteiger partial charge in [0.25, 0.3) is 0 Å². The van der Waals surface area contributed by atoms with Gasteiger partial charge in [-0.05, 0) is 207 Å². The highest BCUT2D eigenvalue weighted by Crippen LogP contribution is 2.46. The van der Waals surface area contributed by atoms with Crippen LogP contribution < -0.4 is 0 Å². The van der Waals surface area contributed by atoms with Gasteiger partial charge in [-0.25, -0.2) is 0 Å². The van der Waals surface area contributed by atoms with Gasteiger partial charge in [-0.1, -0.05) is 24.3 Å². The van der Waals surface area contributed by atoms with E-state index in [0.717, 1.165) is 100 Å². The number of phenols is 6. The Bertz CT molecular complexity index is 2320. The number of hydrogen-bond donors (Lipinski definition) is 6. The number of phenolic OH excluding ortho intramolecular Hbond substituents is 6. The van der Waals surface area contributed by atoms with Gasteiger partial charge in [-0.3, -0.25) is 0 Å².